The molecule has 0 aromatic heterocycles. The van der Waals surface area contributed by atoms with Gasteiger partial charge >= 0.3 is 5.71 Å². The number of fused-ring (bicyclic) bond motifs is 1. The van der Waals surface area contributed by atoms with Crippen molar-refractivity contribution >= 4 is 39.8 Å². The minimum Gasteiger partial charge on any atom is -0.361 e. The summed E-state index contributed by atoms with van der Waals surface area (Å²) < 4.78 is 31.2. The van der Waals surface area contributed by atoms with Crippen LogP contribution in [0.5, 0.6) is 0 Å². The summed E-state index contributed by atoms with van der Waals surface area (Å²) >= 11 is 0. The largest absolute Gasteiger partial charge is 0.367 e. The van der Waals surface area contributed by atoms with E-state index in [0.717, 1.165) is 0 Å². The quantitative estimate of drug-likeness (QED) is 0.457. The molecule has 0 saturated carbocycles. The van der Waals surface area contributed by atoms with Gasteiger partial charge in [0.2, 0.25) is 0 Å². The molecule has 0 spiro atoms. The van der Waals surface area contributed by atoms with Crippen molar-refractivity contribution in [2.24, 2.45) is 0 Å². The molecule has 0 fully saturated rings. The molecule has 0 bridgehead atoms. The highest BCUT2D eigenvalue weighted by Gasteiger charge is 2.51. The number of ketones is 2. The Morgan fingerprint density at radius 2 is 1.68 bits per heavy atom. The second kappa shape index (κ2) is 5.02. The molecule has 1 unspecified atom stereocenters. The number of carbonyl (C=O) groups is 2. The standard InChI is InChI=1S/C10H6N2O5S.ClH/c11-12-7-8(13)5-3-1-2-4-6(5)9(14)10(7)18(15,16)17;/h1-4,10H,(H,15,16,17);1H. The van der Waals surface area contributed by atoms with Gasteiger partial charge in [-0.15, -0.1) is 12.4 Å². The molecule has 0 radical (unpaired) electrons. The van der Waals surface area contributed by atoms with E-state index in [1.165, 1.54) is 24.3 Å². The molecule has 9 heteroatoms. The number of hydrogen-bond acceptors (Lipinski definition) is 4. The summed E-state index contributed by atoms with van der Waals surface area (Å²) in [5, 5.41) is -2.18. The van der Waals surface area contributed by atoms with Crippen molar-refractivity contribution in [1.82, 2.24) is 0 Å². The number of halogens is 1. The van der Waals surface area contributed by atoms with E-state index in [9.17, 15) is 18.0 Å². The molecule has 1 aliphatic carbocycles. The summed E-state index contributed by atoms with van der Waals surface area (Å²) in [5.74, 6) is -1.91. The van der Waals surface area contributed by atoms with Crippen LogP contribution in [0.3, 0.4) is 0 Å². The molecule has 0 amide bonds. The van der Waals surface area contributed by atoms with Crippen LogP contribution >= 0.6 is 12.4 Å². The predicted molar refractivity (Wildman–Crippen MR) is 66.3 cm³/mol. The van der Waals surface area contributed by atoms with E-state index < -0.39 is 32.6 Å². The van der Waals surface area contributed by atoms with Gasteiger partial charge in [-0.1, -0.05) is 24.3 Å². The Bertz CT molecular complexity index is 721. The predicted octanol–water partition coefficient (Wildman–Crippen LogP) is 0.415. The normalized spacial score (nSPS) is 18.4. The fourth-order valence-corrected chi connectivity index (χ4v) is 2.63. The van der Waals surface area contributed by atoms with E-state index in [1.807, 2.05) is 0 Å². The first-order valence-electron chi connectivity index (χ1n) is 4.74. The first-order chi connectivity index (χ1) is 8.38. The van der Waals surface area contributed by atoms with Gasteiger partial charge in [0.05, 0.1) is 0 Å². The summed E-state index contributed by atoms with van der Waals surface area (Å²) in [6.07, 6.45) is 0. The Balaban J connectivity index is 0.00000180. The lowest BCUT2D eigenvalue weighted by Crippen LogP contribution is -2.46. The highest BCUT2D eigenvalue weighted by atomic mass is 35.5. The minimum atomic E-state index is -4.87. The molecule has 1 N–H and O–H groups in total. The monoisotopic (exact) mass is 302 g/mol. The number of rotatable bonds is 1. The van der Waals surface area contributed by atoms with Crippen LogP contribution < -0.4 is 0 Å². The van der Waals surface area contributed by atoms with E-state index >= 15 is 0 Å². The van der Waals surface area contributed by atoms with Crippen LogP contribution in [-0.2, 0) is 10.1 Å². The number of Topliss-reactive ketones (excluding diaryl/α,β-unsaturated/α-hetero) is 2. The van der Waals surface area contributed by atoms with Crippen molar-refractivity contribution in [2.75, 3.05) is 0 Å². The van der Waals surface area contributed by atoms with Gasteiger partial charge in [-0.2, -0.15) is 13.2 Å². The van der Waals surface area contributed by atoms with Crippen LogP contribution in [0.25, 0.3) is 5.53 Å². The zero-order valence-corrected chi connectivity index (χ0v) is 10.8. The molecule has 0 heterocycles. The van der Waals surface area contributed by atoms with Crippen molar-refractivity contribution in [1.29, 1.82) is 0 Å². The summed E-state index contributed by atoms with van der Waals surface area (Å²) in [7, 11) is -4.87. The molecular weight excluding hydrogens is 296 g/mol. The van der Waals surface area contributed by atoms with Crippen LogP contribution in [0.2, 0.25) is 0 Å². The van der Waals surface area contributed by atoms with Crippen LogP contribution in [-0.4, -0.2) is 40.3 Å². The topological polar surface area (TPSA) is 125 Å². The lowest BCUT2D eigenvalue weighted by molar-refractivity contribution is -0.00872. The first-order valence-corrected chi connectivity index (χ1v) is 6.24. The van der Waals surface area contributed by atoms with Crippen molar-refractivity contribution < 1.29 is 27.3 Å². The summed E-state index contributed by atoms with van der Waals surface area (Å²) in [5.41, 5.74) is 7.59. The van der Waals surface area contributed by atoms with E-state index in [1.54, 1.807) is 0 Å². The van der Waals surface area contributed by atoms with E-state index in [0.29, 0.717) is 0 Å². The first kappa shape index (κ1) is 15.2. The minimum absolute atomic E-state index is 0. The van der Waals surface area contributed by atoms with Crippen molar-refractivity contribution in [3.8, 4) is 0 Å². The van der Waals surface area contributed by atoms with Gasteiger partial charge in [0, 0.05) is 11.1 Å². The van der Waals surface area contributed by atoms with Crippen molar-refractivity contribution in [3.63, 3.8) is 0 Å². The van der Waals surface area contributed by atoms with Gasteiger partial charge in [0.1, 0.15) is 0 Å². The van der Waals surface area contributed by atoms with Gasteiger partial charge in [0.25, 0.3) is 21.2 Å². The lowest BCUT2D eigenvalue weighted by atomic mass is 9.88. The third-order valence-corrected chi connectivity index (χ3v) is 3.59. The molecule has 2 rings (SSSR count). The SMILES string of the molecule is Cl.[N-]=[N+]=C1C(=O)c2ccccc2C(=O)C1S(=O)(=O)O. The molecule has 1 aromatic rings. The molecule has 1 aromatic carbocycles. The average molecular weight is 303 g/mol. The molecule has 0 aliphatic heterocycles. The number of nitrogens with zero attached hydrogens (tertiary/aromatic N) is 2. The average Bonchev–Trinajstić information content (AvgIpc) is 2.32. The van der Waals surface area contributed by atoms with Gasteiger partial charge in [-0.05, 0) is 0 Å². The van der Waals surface area contributed by atoms with E-state index in [-0.39, 0.29) is 23.5 Å². The fourth-order valence-electron chi connectivity index (χ4n) is 1.79. The third-order valence-electron chi connectivity index (χ3n) is 2.56. The Labute approximate surface area is 114 Å². The maximum atomic E-state index is 11.9. The molecule has 0 saturated heterocycles. The van der Waals surface area contributed by atoms with Gasteiger partial charge < -0.3 is 5.53 Å². The zero-order chi connectivity index (χ0) is 13.5. The highest BCUT2D eigenvalue weighted by Crippen LogP contribution is 2.22. The van der Waals surface area contributed by atoms with Crippen molar-refractivity contribution in [2.45, 2.75) is 5.25 Å². The molecule has 19 heavy (non-hydrogen) atoms. The summed E-state index contributed by atoms with van der Waals surface area (Å²) in [6, 6.07) is 5.50. The van der Waals surface area contributed by atoms with E-state index in [4.69, 9.17) is 10.1 Å². The van der Waals surface area contributed by atoms with Crippen LogP contribution in [0.4, 0.5) is 0 Å². The Morgan fingerprint density at radius 3 is 2.16 bits per heavy atom. The van der Waals surface area contributed by atoms with E-state index in [2.05, 4.69) is 4.79 Å². The highest BCUT2D eigenvalue weighted by molar-refractivity contribution is 7.88. The Kier molecular flexibility index (Phi) is 4.02. The Hall–Kier alpha value is -1.86. The lowest BCUT2D eigenvalue weighted by Gasteiger charge is -2.16. The Morgan fingerprint density at radius 1 is 1.16 bits per heavy atom. The molecule has 1 aliphatic rings. The van der Waals surface area contributed by atoms with Crippen LogP contribution in [0.1, 0.15) is 20.7 Å². The third kappa shape index (κ3) is 2.34. The van der Waals surface area contributed by atoms with Gasteiger partial charge in [0.15, 0.2) is 5.78 Å². The summed E-state index contributed by atoms with van der Waals surface area (Å²) in [6.45, 7) is 0. The number of hydrogen-bond donors (Lipinski definition) is 1. The van der Waals surface area contributed by atoms with Crippen molar-refractivity contribution in [3.05, 3.63) is 40.9 Å². The molecular formula is C10H7ClN2O5S. The van der Waals surface area contributed by atoms with Crippen LogP contribution in [0.15, 0.2) is 24.3 Å². The maximum absolute atomic E-state index is 11.9. The smallest absolute Gasteiger partial charge is 0.361 e. The second-order valence-corrected chi connectivity index (χ2v) is 5.12. The number of carbonyl (C=O) groups excluding carboxylic acids is 2. The zero-order valence-electron chi connectivity index (χ0n) is 9.18. The summed E-state index contributed by atoms with van der Waals surface area (Å²) in [4.78, 5) is 26.3. The second-order valence-electron chi connectivity index (χ2n) is 3.62. The maximum Gasteiger partial charge on any atom is 0.367 e. The van der Waals surface area contributed by atoms with Gasteiger partial charge in [-0.3, -0.25) is 14.1 Å². The fraction of sp³-hybridized carbons (Fsp3) is 0.100. The number of benzene rings is 1. The molecule has 7 nitrogen and oxygen atoms in total. The van der Waals surface area contributed by atoms with Gasteiger partial charge in [-0.25, -0.2) is 0 Å². The molecule has 100 valence electrons. The van der Waals surface area contributed by atoms with Crippen LogP contribution in [0, 0.1) is 0 Å². The molecule has 1 atom stereocenters.